The highest BCUT2D eigenvalue weighted by Gasteiger charge is 2.38. The zero-order valence-electron chi connectivity index (χ0n) is 9.66. The number of carbonyl (C=O) groups excluding carboxylic acids is 1. The Morgan fingerprint density at radius 1 is 1.36 bits per heavy atom. The highest BCUT2D eigenvalue weighted by molar-refractivity contribution is 6.69. The van der Waals surface area contributed by atoms with E-state index in [1.807, 2.05) is 6.92 Å². The maximum atomic E-state index is 11.3. The summed E-state index contributed by atoms with van der Waals surface area (Å²) in [5.41, 5.74) is 0. The fourth-order valence-electron chi connectivity index (χ4n) is 1.69. The summed E-state index contributed by atoms with van der Waals surface area (Å²) >= 11 is 0. The molecule has 0 aliphatic carbocycles. The molecule has 82 valence electrons. The maximum Gasteiger partial charge on any atom is 0.311 e. The van der Waals surface area contributed by atoms with Gasteiger partial charge in [0.2, 0.25) is 0 Å². The summed E-state index contributed by atoms with van der Waals surface area (Å²) in [6.07, 6.45) is 0.0444. The van der Waals surface area contributed by atoms with Crippen LogP contribution in [0.25, 0.3) is 0 Å². The standard InChI is InChI=1S/C10H20O3Si/c1-7-6-12-10(11)8(2)9(7)13-14(3,4)5/h7-9H,6H2,1-5H3/t7-,8-,9-/m0/s1. The van der Waals surface area contributed by atoms with Crippen molar-refractivity contribution in [3.8, 4) is 0 Å². The van der Waals surface area contributed by atoms with Crippen LogP contribution in [0.5, 0.6) is 0 Å². The van der Waals surface area contributed by atoms with Gasteiger partial charge in [0, 0.05) is 5.92 Å². The van der Waals surface area contributed by atoms with Crippen molar-refractivity contribution in [2.24, 2.45) is 11.8 Å². The zero-order chi connectivity index (χ0) is 10.9. The van der Waals surface area contributed by atoms with Crippen molar-refractivity contribution in [2.75, 3.05) is 6.61 Å². The second-order valence-electron chi connectivity index (χ2n) is 5.09. The zero-order valence-corrected chi connectivity index (χ0v) is 10.7. The lowest BCUT2D eigenvalue weighted by atomic mass is 9.92. The molecule has 0 saturated carbocycles. The van der Waals surface area contributed by atoms with Crippen LogP contribution in [-0.4, -0.2) is 27.0 Å². The van der Waals surface area contributed by atoms with Crippen LogP contribution >= 0.6 is 0 Å². The van der Waals surface area contributed by atoms with Gasteiger partial charge in [0.15, 0.2) is 8.32 Å². The number of rotatable bonds is 2. The molecule has 0 radical (unpaired) electrons. The van der Waals surface area contributed by atoms with E-state index < -0.39 is 8.32 Å². The van der Waals surface area contributed by atoms with Gasteiger partial charge in [-0.05, 0) is 26.6 Å². The van der Waals surface area contributed by atoms with E-state index in [0.29, 0.717) is 12.5 Å². The topological polar surface area (TPSA) is 35.5 Å². The van der Waals surface area contributed by atoms with Crippen molar-refractivity contribution < 1.29 is 14.0 Å². The molecular formula is C10H20O3Si. The van der Waals surface area contributed by atoms with E-state index in [-0.39, 0.29) is 18.0 Å². The van der Waals surface area contributed by atoms with Crippen LogP contribution in [0.15, 0.2) is 0 Å². The van der Waals surface area contributed by atoms with Crippen LogP contribution in [0.3, 0.4) is 0 Å². The van der Waals surface area contributed by atoms with Gasteiger partial charge in [-0.15, -0.1) is 0 Å². The summed E-state index contributed by atoms with van der Waals surface area (Å²) in [5.74, 6) is 0.0752. The molecule has 0 unspecified atom stereocenters. The molecule has 0 N–H and O–H groups in total. The minimum absolute atomic E-state index is 0.0444. The Balaban J connectivity index is 2.68. The Hall–Kier alpha value is -0.353. The fraction of sp³-hybridized carbons (Fsp3) is 0.900. The van der Waals surface area contributed by atoms with Crippen molar-refractivity contribution in [3.63, 3.8) is 0 Å². The Kier molecular flexibility index (Phi) is 3.37. The third-order valence-corrected chi connectivity index (χ3v) is 3.38. The van der Waals surface area contributed by atoms with Crippen molar-refractivity contribution in [2.45, 2.75) is 39.6 Å². The molecule has 1 saturated heterocycles. The molecule has 3 nitrogen and oxygen atoms in total. The minimum Gasteiger partial charge on any atom is -0.465 e. The van der Waals surface area contributed by atoms with Gasteiger partial charge in [-0.2, -0.15) is 0 Å². The van der Waals surface area contributed by atoms with Crippen LogP contribution in [-0.2, 0) is 14.0 Å². The first kappa shape index (κ1) is 11.7. The highest BCUT2D eigenvalue weighted by atomic mass is 28.4. The molecule has 1 rings (SSSR count). The van der Waals surface area contributed by atoms with E-state index in [0.717, 1.165) is 0 Å². The number of cyclic esters (lactones) is 1. The van der Waals surface area contributed by atoms with Crippen molar-refractivity contribution in [3.05, 3.63) is 0 Å². The first-order valence-corrected chi connectivity index (χ1v) is 8.56. The summed E-state index contributed by atoms with van der Waals surface area (Å²) in [4.78, 5) is 11.3. The second kappa shape index (κ2) is 4.02. The van der Waals surface area contributed by atoms with E-state index in [1.165, 1.54) is 0 Å². The second-order valence-corrected chi connectivity index (χ2v) is 9.55. The van der Waals surface area contributed by atoms with Crippen molar-refractivity contribution in [1.82, 2.24) is 0 Å². The average molecular weight is 216 g/mol. The molecule has 1 aliphatic rings. The van der Waals surface area contributed by atoms with Crippen LogP contribution in [0.1, 0.15) is 13.8 Å². The van der Waals surface area contributed by atoms with E-state index in [9.17, 15) is 4.79 Å². The Morgan fingerprint density at radius 2 is 1.93 bits per heavy atom. The number of ether oxygens (including phenoxy) is 1. The number of carbonyl (C=O) groups is 1. The van der Waals surface area contributed by atoms with Crippen molar-refractivity contribution in [1.29, 1.82) is 0 Å². The fourth-order valence-corrected chi connectivity index (χ4v) is 2.95. The normalized spacial score (nSPS) is 34.1. The van der Waals surface area contributed by atoms with E-state index in [4.69, 9.17) is 9.16 Å². The van der Waals surface area contributed by atoms with E-state index >= 15 is 0 Å². The molecule has 14 heavy (non-hydrogen) atoms. The monoisotopic (exact) mass is 216 g/mol. The molecule has 0 amide bonds. The smallest absolute Gasteiger partial charge is 0.311 e. The van der Waals surface area contributed by atoms with E-state index in [1.54, 1.807) is 0 Å². The Morgan fingerprint density at radius 3 is 2.43 bits per heavy atom. The van der Waals surface area contributed by atoms with E-state index in [2.05, 4.69) is 26.6 Å². The lowest BCUT2D eigenvalue weighted by molar-refractivity contribution is -0.163. The van der Waals surface area contributed by atoms with Crippen molar-refractivity contribution >= 4 is 14.3 Å². The molecule has 0 bridgehead atoms. The van der Waals surface area contributed by atoms with Crippen LogP contribution in [0, 0.1) is 11.8 Å². The summed E-state index contributed by atoms with van der Waals surface area (Å²) in [7, 11) is -1.57. The first-order valence-electron chi connectivity index (χ1n) is 5.16. The molecule has 0 aromatic rings. The lowest BCUT2D eigenvalue weighted by Crippen LogP contribution is -2.47. The number of esters is 1. The predicted octanol–water partition coefficient (Wildman–Crippen LogP) is 2.04. The molecule has 3 atom stereocenters. The largest absolute Gasteiger partial charge is 0.465 e. The molecule has 1 fully saturated rings. The molecule has 0 aromatic heterocycles. The summed E-state index contributed by atoms with van der Waals surface area (Å²) in [5, 5.41) is 0. The third-order valence-electron chi connectivity index (χ3n) is 2.40. The molecular weight excluding hydrogens is 196 g/mol. The maximum absolute atomic E-state index is 11.3. The quantitative estimate of drug-likeness (QED) is 0.523. The average Bonchev–Trinajstić information content (AvgIpc) is 2.04. The predicted molar refractivity (Wildman–Crippen MR) is 57.5 cm³/mol. The molecule has 1 aliphatic heterocycles. The van der Waals surface area contributed by atoms with Crippen LogP contribution in [0.4, 0.5) is 0 Å². The highest BCUT2D eigenvalue weighted by Crippen LogP contribution is 2.26. The number of hydrogen-bond donors (Lipinski definition) is 0. The molecule has 0 aromatic carbocycles. The van der Waals surface area contributed by atoms with Gasteiger partial charge < -0.3 is 9.16 Å². The van der Waals surface area contributed by atoms with Crippen LogP contribution in [0.2, 0.25) is 19.6 Å². The summed E-state index contributed by atoms with van der Waals surface area (Å²) < 4.78 is 11.1. The number of hydrogen-bond acceptors (Lipinski definition) is 3. The van der Waals surface area contributed by atoms with Gasteiger partial charge in [0.25, 0.3) is 0 Å². The SMILES string of the molecule is C[C@@H]1C(=O)OC[C@H](C)[C@@H]1O[Si](C)(C)C. The van der Waals surface area contributed by atoms with Gasteiger partial charge >= 0.3 is 5.97 Å². The lowest BCUT2D eigenvalue weighted by Gasteiger charge is -2.37. The minimum atomic E-state index is -1.57. The molecule has 4 heteroatoms. The van der Waals surface area contributed by atoms with Gasteiger partial charge in [-0.3, -0.25) is 4.79 Å². The van der Waals surface area contributed by atoms with Crippen LogP contribution < -0.4 is 0 Å². The Bertz CT molecular complexity index is 222. The molecule has 1 heterocycles. The summed E-state index contributed by atoms with van der Waals surface area (Å²) in [6, 6.07) is 0. The van der Waals surface area contributed by atoms with Gasteiger partial charge in [0.05, 0.1) is 18.6 Å². The third kappa shape index (κ3) is 2.82. The molecule has 0 spiro atoms. The first-order chi connectivity index (χ1) is 6.31. The van der Waals surface area contributed by atoms with Gasteiger partial charge in [-0.25, -0.2) is 0 Å². The summed E-state index contributed by atoms with van der Waals surface area (Å²) in [6.45, 7) is 10.9. The van der Waals surface area contributed by atoms with Gasteiger partial charge in [-0.1, -0.05) is 6.92 Å². The van der Waals surface area contributed by atoms with Gasteiger partial charge in [0.1, 0.15) is 0 Å². The Labute approximate surface area is 86.9 Å².